The Hall–Kier alpha value is -1.64. The number of aliphatic imine (C=N–C) groups is 1. The summed E-state index contributed by atoms with van der Waals surface area (Å²) in [7, 11) is 0. The van der Waals surface area contributed by atoms with Crippen molar-refractivity contribution in [1.29, 1.82) is 0 Å². The van der Waals surface area contributed by atoms with E-state index in [-0.39, 0.29) is 0 Å². The lowest BCUT2D eigenvalue weighted by Gasteiger charge is -1.96. The molecule has 0 aliphatic carbocycles. The van der Waals surface area contributed by atoms with Gasteiger partial charge in [-0.25, -0.2) is 4.68 Å². The number of aromatic nitrogens is 2. The molecule has 62 valence electrons. The van der Waals surface area contributed by atoms with Gasteiger partial charge in [-0.2, -0.15) is 5.10 Å². The standard InChI is InChI=1S/C9H11N3/c1-4-10-6-9(3)12-7-8(2)5-11-12/h4-7H,1,3H2,2H3. The van der Waals surface area contributed by atoms with Crippen LogP contribution in [-0.4, -0.2) is 16.0 Å². The predicted molar refractivity (Wildman–Crippen MR) is 51.0 cm³/mol. The molecule has 0 unspecified atom stereocenters. The van der Waals surface area contributed by atoms with Crippen molar-refractivity contribution in [3.63, 3.8) is 0 Å². The van der Waals surface area contributed by atoms with Crippen LogP contribution < -0.4 is 0 Å². The van der Waals surface area contributed by atoms with Gasteiger partial charge in [-0.1, -0.05) is 13.2 Å². The highest BCUT2D eigenvalue weighted by Crippen LogP contribution is 1.99. The van der Waals surface area contributed by atoms with E-state index in [0.717, 1.165) is 11.3 Å². The van der Waals surface area contributed by atoms with Crippen molar-refractivity contribution in [2.45, 2.75) is 6.92 Å². The third kappa shape index (κ3) is 1.92. The Bertz CT molecular complexity index is 320. The third-order valence-electron chi connectivity index (χ3n) is 1.33. The average Bonchev–Trinajstić information content (AvgIpc) is 2.47. The van der Waals surface area contributed by atoms with Gasteiger partial charge in [0.2, 0.25) is 0 Å². The summed E-state index contributed by atoms with van der Waals surface area (Å²) in [5.41, 5.74) is 1.83. The Morgan fingerprint density at radius 3 is 3.00 bits per heavy atom. The van der Waals surface area contributed by atoms with Crippen molar-refractivity contribution >= 4 is 11.9 Å². The summed E-state index contributed by atoms with van der Waals surface area (Å²) in [6.45, 7) is 9.22. The van der Waals surface area contributed by atoms with E-state index in [1.54, 1.807) is 17.1 Å². The summed E-state index contributed by atoms with van der Waals surface area (Å²) < 4.78 is 1.67. The van der Waals surface area contributed by atoms with Gasteiger partial charge >= 0.3 is 0 Å². The quantitative estimate of drug-likeness (QED) is 0.622. The molecule has 1 aromatic heterocycles. The molecular formula is C9H11N3. The summed E-state index contributed by atoms with van der Waals surface area (Å²) in [6, 6.07) is 0. The van der Waals surface area contributed by atoms with E-state index in [1.165, 1.54) is 6.20 Å². The molecule has 0 bridgehead atoms. The second kappa shape index (κ2) is 3.67. The molecule has 0 aliphatic rings. The second-order valence-corrected chi connectivity index (χ2v) is 2.41. The molecule has 1 heterocycles. The van der Waals surface area contributed by atoms with Gasteiger partial charge in [0.15, 0.2) is 0 Å². The minimum Gasteiger partial charge on any atom is -0.263 e. The zero-order valence-corrected chi connectivity index (χ0v) is 7.07. The lowest BCUT2D eigenvalue weighted by Crippen LogP contribution is -1.96. The van der Waals surface area contributed by atoms with Crippen LogP contribution in [0.15, 0.2) is 36.7 Å². The molecule has 0 amide bonds. The van der Waals surface area contributed by atoms with Crippen LogP contribution in [0.3, 0.4) is 0 Å². The van der Waals surface area contributed by atoms with Gasteiger partial charge in [0.05, 0.1) is 18.1 Å². The Kier molecular flexibility index (Phi) is 2.58. The molecule has 0 aliphatic heterocycles. The van der Waals surface area contributed by atoms with Gasteiger partial charge in [0.1, 0.15) is 0 Å². The molecule has 0 saturated heterocycles. The summed E-state index contributed by atoms with van der Waals surface area (Å²) in [5.74, 6) is 0. The number of hydrogen-bond donors (Lipinski definition) is 0. The second-order valence-electron chi connectivity index (χ2n) is 2.41. The van der Waals surface area contributed by atoms with Crippen LogP contribution in [-0.2, 0) is 0 Å². The maximum Gasteiger partial charge on any atom is 0.0756 e. The van der Waals surface area contributed by atoms with Crippen molar-refractivity contribution in [2.75, 3.05) is 0 Å². The molecule has 0 fully saturated rings. The van der Waals surface area contributed by atoms with Crippen LogP contribution in [0.2, 0.25) is 0 Å². The van der Waals surface area contributed by atoms with E-state index < -0.39 is 0 Å². The summed E-state index contributed by atoms with van der Waals surface area (Å²) in [6.07, 6.45) is 6.73. The number of hydrogen-bond acceptors (Lipinski definition) is 2. The van der Waals surface area contributed by atoms with Gasteiger partial charge in [-0.05, 0) is 12.5 Å². The van der Waals surface area contributed by atoms with Gasteiger partial charge in [0.25, 0.3) is 0 Å². The summed E-state index contributed by atoms with van der Waals surface area (Å²) in [4.78, 5) is 3.84. The molecule has 0 atom stereocenters. The lowest BCUT2D eigenvalue weighted by atomic mass is 10.4. The van der Waals surface area contributed by atoms with E-state index in [4.69, 9.17) is 0 Å². The van der Waals surface area contributed by atoms with Crippen LogP contribution in [0, 0.1) is 6.92 Å². The molecule has 0 radical (unpaired) electrons. The molecule has 3 heteroatoms. The van der Waals surface area contributed by atoms with Gasteiger partial charge in [0, 0.05) is 12.4 Å². The molecule has 0 spiro atoms. The first-order valence-corrected chi connectivity index (χ1v) is 3.58. The number of allylic oxidation sites excluding steroid dienone is 1. The van der Waals surface area contributed by atoms with E-state index in [1.807, 2.05) is 13.1 Å². The Morgan fingerprint density at radius 1 is 1.75 bits per heavy atom. The van der Waals surface area contributed by atoms with E-state index in [2.05, 4.69) is 23.2 Å². The molecule has 1 aromatic rings. The highest BCUT2D eigenvalue weighted by molar-refractivity contribution is 6.01. The molecule has 0 N–H and O–H groups in total. The van der Waals surface area contributed by atoms with Crippen LogP contribution >= 0.6 is 0 Å². The van der Waals surface area contributed by atoms with E-state index in [9.17, 15) is 0 Å². The van der Waals surface area contributed by atoms with Crippen molar-refractivity contribution < 1.29 is 0 Å². The number of aryl methyl sites for hydroxylation is 1. The molecule has 0 aromatic carbocycles. The Morgan fingerprint density at radius 2 is 2.50 bits per heavy atom. The van der Waals surface area contributed by atoms with Crippen molar-refractivity contribution in [3.8, 4) is 0 Å². The monoisotopic (exact) mass is 161 g/mol. The summed E-state index contributed by atoms with van der Waals surface area (Å²) >= 11 is 0. The highest BCUT2D eigenvalue weighted by Gasteiger charge is 1.94. The first-order valence-electron chi connectivity index (χ1n) is 3.58. The minimum absolute atomic E-state index is 0.725. The predicted octanol–water partition coefficient (Wildman–Crippen LogP) is 1.88. The van der Waals surface area contributed by atoms with Crippen molar-refractivity contribution in [3.05, 3.63) is 37.3 Å². The minimum atomic E-state index is 0.725. The van der Waals surface area contributed by atoms with Crippen LogP contribution in [0.1, 0.15) is 5.56 Å². The van der Waals surface area contributed by atoms with Crippen molar-refractivity contribution in [2.24, 2.45) is 4.99 Å². The molecule has 12 heavy (non-hydrogen) atoms. The van der Waals surface area contributed by atoms with E-state index >= 15 is 0 Å². The zero-order valence-electron chi connectivity index (χ0n) is 7.07. The summed E-state index contributed by atoms with van der Waals surface area (Å²) in [5, 5.41) is 4.06. The maximum absolute atomic E-state index is 4.06. The highest BCUT2D eigenvalue weighted by atomic mass is 15.3. The zero-order chi connectivity index (χ0) is 8.97. The number of rotatable bonds is 3. The fraction of sp³-hybridized carbons (Fsp3) is 0.111. The van der Waals surface area contributed by atoms with Crippen molar-refractivity contribution in [1.82, 2.24) is 9.78 Å². The van der Waals surface area contributed by atoms with Gasteiger partial charge < -0.3 is 0 Å². The lowest BCUT2D eigenvalue weighted by molar-refractivity contribution is 0.921. The largest absolute Gasteiger partial charge is 0.263 e. The molecule has 3 nitrogen and oxygen atoms in total. The van der Waals surface area contributed by atoms with E-state index in [0.29, 0.717) is 0 Å². The fourth-order valence-corrected chi connectivity index (χ4v) is 0.768. The van der Waals surface area contributed by atoms with Gasteiger partial charge in [-0.3, -0.25) is 4.99 Å². The van der Waals surface area contributed by atoms with Gasteiger partial charge in [-0.15, -0.1) is 0 Å². The Balaban J connectivity index is 2.78. The topological polar surface area (TPSA) is 30.2 Å². The number of nitrogens with zero attached hydrogens (tertiary/aromatic N) is 3. The SMILES string of the molecule is C=CN=CC(=C)n1cc(C)cn1. The maximum atomic E-state index is 4.06. The molecule has 1 rings (SSSR count). The van der Waals surface area contributed by atoms with Crippen LogP contribution in [0.5, 0.6) is 0 Å². The first kappa shape index (κ1) is 8.46. The normalized spacial score (nSPS) is 10.4. The van der Waals surface area contributed by atoms with Crippen LogP contribution in [0.4, 0.5) is 0 Å². The van der Waals surface area contributed by atoms with Crippen LogP contribution in [0.25, 0.3) is 5.70 Å². The first-order chi connectivity index (χ1) is 5.74. The smallest absolute Gasteiger partial charge is 0.0756 e. The fourth-order valence-electron chi connectivity index (χ4n) is 0.768. The third-order valence-corrected chi connectivity index (χ3v) is 1.33. The molecule has 0 saturated carbocycles. The average molecular weight is 161 g/mol. The molecular weight excluding hydrogens is 150 g/mol. The Labute approximate surface area is 71.7 Å².